The summed E-state index contributed by atoms with van der Waals surface area (Å²) in [6, 6.07) is 13.3. The maximum Gasteiger partial charge on any atom is 0.163 e. The van der Waals surface area contributed by atoms with Gasteiger partial charge in [-0.1, -0.05) is 29.8 Å². The molecule has 0 aliphatic carbocycles. The van der Waals surface area contributed by atoms with Crippen molar-refractivity contribution in [3.05, 3.63) is 59.2 Å². The van der Waals surface area contributed by atoms with E-state index in [1.165, 1.54) is 12.5 Å². The fourth-order valence-electron chi connectivity index (χ4n) is 2.15. The topological polar surface area (TPSA) is 35.5 Å². The molecule has 2 rings (SSSR count). The predicted octanol–water partition coefficient (Wildman–Crippen LogP) is 3.96. The van der Waals surface area contributed by atoms with Crippen LogP contribution in [-0.2, 0) is 0 Å². The van der Waals surface area contributed by atoms with Crippen molar-refractivity contribution in [2.24, 2.45) is 0 Å². The number of aryl methyl sites for hydroxylation is 2. The standard InChI is InChI=1S/C18H20O3/c1-13-8-9-17(14(2)12-13)20-10-11-21-18-7-5-4-6-16(18)15(3)19/h4-9,12H,10-11H2,1-3H3. The molecule has 0 radical (unpaired) electrons. The Kier molecular flexibility index (Phi) is 4.99. The van der Waals surface area contributed by atoms with Gasteiger partial charge in [-0.15, -0.1) is 0 Å². The lowest BCUT2D eigenvalue weighted by molar-refractivity contribution is 0.101. The van der Waals surface area contributed by atoms with Crippen molar-refractivity contribution >= 4 is 5.78 Å². The minimum absolute atomic E-state index is 0.000831. The van der Waals surface area contributed by atoms with Crippen molar-refractivity contribution in [3.63, 3.8) is 0 Å². The van der Waals surface area contributed by atoms with Gasteiger partial charge in [0.25, 0.3) is 0 Å². The van der Waals surface area contributed by atoms with Gasteiger partial charge in [-0.25, -0.2) is 0 Å². The first-order valence-corrected chi connectivity index (χ1v) is 7.01. The van der Waals surface area contributed by atoms with E-state index in [2.05, 4.69) is 13.0 Å². The van der Waals surface area contributed by atoms with Crippen LogP contribution < -0.4 is 9.47 Å². The molecule has 110 valence electrons. The zero-order valence-corrected chi connectivity index (χ0v) is 12.7. The van der Waals surface area contributed by atoms with E-state index in [0.717, 1.165) is 11.3 Å². The molecule has 0 fully saturated rings. The zero-order chi connectivity index (χ0) is 15.2. The van der Waals surface area contributed by atoms with Crippen LogP contribution in [0, 0.1) is 13.8 Å². The number of rotatable bonds is 6. The molecule has 0 spiro atoms. The van der Waals surface area contributed by atoms with Crippen molar-refractivity contribution in [2.45, 2.75) is 20.8 Å². The van der Waals surface area contributed by atoms with Crippen molar-refractivity contribution in [1.82, 2.24) is 0 Å². The first-order chi connectivity index (χ1) is 10.1. The number of ether oxygens (including phenoxy) is 2. The molecule has 0 heterocycles. The van der Waals surface area contributed by atoms with Gasteiger partial charge >= 0.3 is 0 Å². The number of carbonyl (C=O) groups excluding carboxylic acids is 1. The van der Waals surface area contributed by atoms with Crippen LogP contribution in [0.15, 0.2) is 42.5 Å². The van der Waals surface area contributed by atoms with E-state index >= 15 is 0 Å². The number of hydrogen-bond acceptors (Lipinski definition) is 3. The summed E-state index contributed by atoms with van der Waals surface area (Å²) in [6.45, 7) is 6.45. The molecule has 0 saturated heterocycles. The molecule has 2 aromatic rings. The Hall–Kier alpha value is -2.29. The van der Waals surface area contributed by atoms with Gasteiger partial charge in [-0.05, 0) is 44.5 Å². The van der Waals surface area contributed by atoms with Crippen molar-refractivity contribution < 1.29 is 14.3 Å². The molecular formula is C18H20O3. The van der Waals surface area contributed by atoms with Crippen LogP contribution in [0.3, 0.4) is 0 Å². The number of hydrogen-bond donors (Lipinski definition) is 0. The Morgan fingerprint density at radius 2 is 1.62 bits per heavy atom. The van der Waals surface area contributed by atoms with Crippen LogP contribution in [0.2, 0.25) is 0 Å². The monoisotopic (exact) mass is 284 g/mol. The highest BCUT2D eigenvalue weighted by molar-refractivity contribution is 5.96. The molecule has 0 aliphatic rings. The SMILES string of the molecule is CC(=O)c1ccccc1OCCOc1ccc(C)cc1C. The van der Waals surface area contributed by atoms with Crippen molar-refractivity contribution in [1.29, 1.82) is 0 Å². The molecule has 0 aromatic heterocycles. The van der Waals surface area contributed by atoms with Crippen molar-refractivity contribution in [2.75, 3.05) is 13.2 Å². The van der Waals surface area contributed by atoms with Gasteiger partial charge in [0.05, 0.1) is 5.56 Å². The highest BCUT2D eigenvalue weighted by Gasteiger charge is 2.07. The molecule has 21 heavy (non-hydrogen) atoms. The lowest BCUT2D eigenvalue weighted by atomic mass is 10.1. The van der Waals surface area contributed by atoms with Gasteiger partial charge in [-0.2, -0.15) is 0 Å². The van der Waals surface area contributed by atoms with Crippen molar-refractivity contribution in [3.8, 4) is 11.5 Å². The molecule has 0 aliphatic heterocycles. The fourth-order valence-corrected chi connectivity index (χ4v) is 2.15. The first kappa shape index (κ1) is 15.1. The maximum absolute atomic E-state index is 11.5. The Labute approximate surface area is 125 Å². The summed E-state index contributed by atoms with van der Waals surface area (Å²) >= 11 is 0. The Balaban J connectivity index is 1.89. The molecule has 0 unspecified atom stereocenters. The second-order valence-corrected chi connectivity index (χ2v) is 5.02. The molecule has 0 N–H and O–H groups in total. The van der Waals surface area contributed by atoms with Gasteiger partial charge < -0.3 is 9.47 Å². The Morgan fingerprint density at radius 3 is 2.29 bits per heavy atom. The summed E-state index contributed by atoms with van der Waals surface area (Å²) in [5, 5.41) is 0. The Bertz CT molecular complexity index is 632. The second kappa shape index (κ2) is 6.93. The number of carbonyl (C=O) groups is 1. The summed E-state index contributed by atoms with van der Waals surface area (Å²) in [5.74, 6) is 1.47. The van der Waals surface area contributed by atoms with Crippen LogP contribution in [0.5, 0.6) is 11.5 Å². The van der Waals surface area contributed by atoms with E-state index in [-0.39, 0.29) is 5.78 Å². The summed E-state index contributed by atoms with van der Waals surface area (Å²) in [5.41, 5.74) is 2.93. The van der Waals surface area contributed by atoms with Crippen LogP contribution in [0.1, 0.15) is 28.4 Å². The molecular weight excluding hydrogens is 264 g/mol. The third kappa shape index (κ3) is 4.09. The number of benzene rings is 2. The normalized spacial score (nSPS) is 10.2. The largest absolute Gasteiger partial charge is 0.490 e. The van der Waals surface area contributed by atoms with Gasteiger partial charge in [-0.3, -0.25) is 4.79 Å². The van der Waals surface area contributed by atoms with E-state index in [0.29, 0.717) is 24.5 Å². The van der Waals surface area contributed by atoms with E-state index in [1.807, 2.05) is 31.2 Å². The summed E-state index contributed by atoms with van der Waals surface area (Å²) in [6.07, 6.45) is 0. The van der Waals surface area contributed by atoms with Crippen LogP contribution in [0.25, 0.3) is 0 Å². The van der Waals surface area contributed by atoms with E-state index in [9.17, 15) is 4.79 Å². The number of para-hydroxylation sites is 1. The molecule has 3 nitrogen and oxygen atoms in total. The molecule has 0 amide bonds. The highest BCUT2D eigenvalue weighted by Crippen LogP contribution is 2.20. The van der Waals surface area contributed by atoms with Gasteiger partial charge in [0, 0.05) is 0 Å². The molecule has 0 bridgehead atoms. The second-order valence-electron chi connectivity index (χ2n) is 5.02. The average Bonchev–Trinajstić information content (AvgIpc) is 2.45. The first-order valence-electron chi connectivity index (χ1n) is 7.01. The number of ketones is 1. The average molecular weight is 284 g/mol. The van der Waals surface area contributed by atoms with E-state index < -0.39 is 0 Å². The third-order valence-electron chi connectivity index (χ3n) is 3.20. The van der Waals surface area contributed by atoms with Gasteiger partial charge in [0.1, 0.15) is 24.7 Å². The molecule has 0 atom stereocenters. The lowest BCUT2D eigenvalue weighted by Crippen LogP contribution is -2.11. The fraction of sp³-hybridized carbons (Fsp3) is 0.278. The molecule has 2 aromatic carbocycles. The van der Waals surface area contributed by atoms with E-state index in [4.69, 9.17) is 9.47 Å². The third-order valence-corrected chi connectivity index (χ3v) is 3.20. The van der Waals surface area contributed by atoms with Gasteiger partial charge in [0.2, 0.25) is 0 Å². The minimum Gasteiger partial charge on any atom is -0.490 e. The zero-order valence-electron chi connectivity index (χ0n) is 12.7. The highest BCUT2D eigenvalue weighted by atomic mass is 16.5. The predicted molar refractivity (Wildman–Crippen MR) is 83.4 cm³/mol. The summed E-state index contributed by atoms with van der Waals surface area (Å²) in [4.78, 5) is 11.5. The summed E-state index contributed by atoms with van der Waals surface area (Å²) in [7, 11) is 0. The molecule has 0 saturated carbocycles. The minimum atomic E-state index is 0.000831. The van der Waals surface area contributed by atoms with Crippen LogP contribution >= 0.6 is 0 Å². The van der Waals surface area contributed by atoms with E-state index in [1.54, 1.807) is 12.1 Å². The Morgan fingerprint density at radius 1 is 0.952 bits per heavy atom. The van der Waals surface area contributed by atoms with Gasteiger partial charge in [0.15, 0.2) is 5.78 Å². The molecule has 3 heteroatoms. The maximum atomic E-state index is 11.5. The smallest absolute Gasteiger partial charge is 0.163 e. The number of Topliss-reactive ketones (excluding diaryl/α,β-unsaturated/α-hetero) is 1. The van der Waals surface area contributed by atoms with Crippen LogP contribution in [-0.4, -0.2) is 19.0 Å². The lowest BCUT2D eigenvalue weighted by Gasteiger charge is -2.12. The quantitative estimate of drug-likeness (QED) is 0.595. The van der Waals surface area contributed by atoms with Crippen LogP contribution in [0.4, 0.5) is 0 Å². The summed E-state index contributed by atoms with van der Waals surface area (Å²) < 4.78 is 11.3.